The summed E-state index contributed by atoms with van der Waals surface area (Å²) in [6.45, 7) is 0.701. The Morgan fingerprint density at radius 2 is 1.96 bits per heavy atom. The summed E-state index contributed by atoms with van der Waals surface area (Å²) < 4.78 is 1.99. The minimum atomic E-state index is 0.567. The van der Waals surface area contributed by atoms with Gasteiger partial charge in [0.2, 0.25) is 0 Å². The summed E-state index contributed by atoms with van der Waals surface area (Å²) in [5, 5.41) is 4.20. The zero-order valence-corrected chi connectivity index (χ0v) is 13.3. The molecule has 0 fully saturated rings. The second kappa shape index (κ2) is 6.88. The van der Waals surface area contributed by atoms with Crippen molar-refractivity contribution in [2.45, 2.75) is 6.54 Å². The third-order valence-electron chi connectivity index (χ3n) is 3.67. The molecule has 0 spiro atoms. The molecule has 4 aromatic rings. The molecule has 7 heteroatoms. The summed E-state index contributed by atoms with van der Waals surface area (Å²) in [5.74, 6) is 0.567. The maximum absolute atomic E-state index is 4.43. The largest absolute Gasteiger partial charge is 0.311 e. The molecule has 0 unspecified atom stereocenters. The fourth-order valence-electron chi connectivity index (χ4n) is 2.48. The molecule has 0 atom stereocenters. The van der Waals surface area contributed by atoms with Crippen molar-refractivity contribution in [2.75, 3.05) is 5.43 Å². The Morgan fingerprint density at radius 3 is 2.80 bits per heavy atom. The number of benzene rings is 1. The molecule has 25 heavy (non-hydrogen) atoms. The van der Waals surface area contributed by atoms with Crippen LogP contribution >= 0.6 is 0 Å². The SMILES string of the molecule is C(=N\Nc1ncnc2c1ncn2Cc1ccccc1)/c1cccnc1. The van der Waals surface area contributed by atoms with E-state index in [4.69, 9.17) is 0 Å². The second-order valence-electron chi connectivity index (χ2n) is 5.41. The number of nitrogens with one attached hydrogen (secondary N) is 1. The Hall–Kier alpha value is -3.61. The van der Waals surface area contributed by atoms with Crippen molar-refractivity contribution in [1.82, 2.24) is 24.5 Å². The first-order chi connectivity index (χ1) is 12.4. The van der Waals surface area contributed by atoms with Gasteiger partial charge in [0.15, 0.2) is 17.0 Å². The molecule has 122 valence electrons. The predicted octanol–water partition coefficient (Wildman–Crippen LogP) is 2.72. The number of aromatic nitrogens is 5. The molecule has 0 saturated heterocycles. The van der Waals surface area contributed by atoms with E-state index in [9.17, 15) is 0 Å². The lowest BCUT2D eigenvalue weighted by molar-refractivity contribution is 0.813. The van der Waals surface area contributed by atoms with Gasteiger partial charge in [0.25, 0.3) is 0 Å². The van der Waals surface area contributed by atoms with Crippen molar-refractivity contribution in [2.24, 2.45) is 5.10 Å². The minimum absolute atomic E-state index is 0.567. The minimum Gasteiger partial charge on any atom is -0.311 e. The Kier molecular flexibility index (Phi) is 4.11. The molecule has 0 radical (unpaired) electrons. The Bertz CT molecular complexity index is 994. The van der Waals surface area contributed by atoms with Crippen molar-refractivity contribution >= 4 is 23.2 Å². The van der Waals surface area contributed by atoms with Gasteiger partial charge in [-0.1, -0.05) is 36.4 Å². The zero-order chi connectivity index (χ0) is 16.9. The van der Waals surface area contributed by atoms with Crippen LogP contribution in [-0.2, 0) is 6.54 Å². The molecule has 3 heterocycles. The van der Waals surface area contributed by atoms with Crippen molar-refractivity contribution < 1.29 is 0 Å². The van der Waals surface area contributed by atoms with Crippen LogP contribution in [0.5, 0.6) is 0 Å². The third-order valence-corrected chi connectivity index (χ3v) is 3.67. The standard InChI is InChI=1S/C18H15N7/c1-2-5-14(6-3-1)11-25-13-22-16-17(20-12-21-18(16)25)24-23-10-15-7-4-8-19-9-15/h1-10,12-13H,11H2,(H,20,21,24)/b23-10+. The molecule has 7 nitrogen and oxygen atoms in total. The number of anilines is 1. The van der Waals surface area contributed by atoms with Crippen molar-refractivity contribution in [3.05, 3.63) is 78.6 Å². The van der Waals surface area contributed by atoms with Crippen molar-refractivity contribution in [3.8, 4) is 0 Å². The maximum Gasteiger partial charge on any atom is 0.177 e. The van der Waals surface area contributed by atoms with Crippen molar-refractivity contribution in [1.29, 1.82) is 0 Å². The van der Waals surface area contributed by atoms with Crippen molar-refractivity contribution in [3.63, 3.8) is 0 Å². The van der Waals surface area contributed by atoms with Gasteiger partial charge in [-0.25, -0.2) is 15.0 Å². The summed E-state index contributed by atoms with van der Waals surface area (Å²) in [4.78, 5) is 17.1. The smallest absolute Gasteiger partial charge is 0.177 e. The van der Waals surface area contributed by atoms with E-state index in [1.54, 1.807) is 24.9 Å². The lowest BCUT2D eigenvalue weighted by atomic mass is 10.2. The molecule has 0 saturated carbocycles. The topological polar surface area (TPSA) is 80.9 Å². The van der Waals surface area contributed by atoms with E-state index < -0.39 is 0 Å². The monoisotopic (exact) mass is 329 g/mol. The number of nitrogens with zero attached hydrogens (tertiary/aromatic N) is 6. The number of pyridine rings is 1. The predicted molar refractivity (Wildman–Crippen MR) is 96.3 cm³/mol. The highest BCUT2D eigenvalue weighted by molar-refractivity contribution is 5.84. The fraction of sp³-hybridized carbons (Fsp3) is 0.0556. The van der Waals surface area contributed by atoms with Crippen LogP contribution in [0.1, 0.15) is 11.1 Å². The average Bonchev–Trinajstić information content (AvgIpc) is 3.07. The first-order valence-electron chi connectivity index (χ1n) is 7.79. The van der Waals surface area contributed by atoms with Crippen LogP contribution in [0, 0.1) is 0 Å². The summed E-state index contributed by atoms with van der Waals surface area (Å²) in [6, 6.07) is 14.0. The molecule has 0 aliphatic rings. The number of hydrazone groups is 1. The summed E-state index contributed by atoms with van der Waals surface area (Å²) in [6.07, 6.45) is 8.41. The summed E-state index contributed by atoms with van der Waals surface area (Å²) >= 11 is 0. The van der Waals surface area contributed by atoms with E-state index in [0.29, 0.717) is 17.9 Å². The van der Waals surface area contributed by atoms with Crippen LogP contribution in [-0.4, -0.2) is 30.7 Å². The molecule has 4 rings (SSSR count). The highest BCUT2D eigenvalue weighted by Crippen LogP contribution is 2.18. The molecular weight excluding hydrogens is 314 g/mol. The van der Waals surface area contributed by atoms with Gasteiger partial charge in [-0.2, -0.15) is 5.10 Å². The molecule has 0 amide bonds. The quantitative estimate of drug-likeness (QED) is 0.450. The molecule has 3 aromatic heterocycles. The Labute approximate surface area is 144 Å². The third kappa shape index (κ3) is 3.35. The number of fused-ring (bicyclic) bond motifs is 1. The Morgan fingerprint density at radius 1 is 1.04 bits per heavy atom. The number of rotatable bonds is 5. The first kappa shape index (κ1) is 14.9. The van der Waals surface area contributed by atoms with E-state index in [2.05, 4.69) is 42.6 Å². The Balaban J connectivity index is 1.57. The normalized spacial score (nSPS) is 11.2. The summed E-state index contributed by atoms with van der Waals surface area (Å²) in [7, 11) is 0. The average molecular weight is 329 g/mol. The van der Waals surface area contributed by atoms with Crippen LogP contribution < -0.4 is 5.43 Å². The molecule has 0 aliphatic carbocycles. The number of hydrogen-bond acceptors (Lipinski definition) is 6. The number of hydrogen-bond donors (Lipinski definition) is 1. The van der Waals surface area contributed by atoms with Gasteiger partial charge in [-0.05, 0) is 11.6 Å². The van der Waals surface area contributed by atoms with Gasteiger partial charge in [-0.3, -0.25) is 10.4 Å². The van der Waals surface area contributed by atoms with E-state index in [1.165, 1.54) is 11.9 Å². The van der Waals surface area contributed by atoms with Gasteiger partial charge in [0, 0.05) is 18.0 Å². The summed E-state index contributed by atoms with van der Waals surface area (Å²) in [5.41, 5.74) is 6.46. The van der Waals surface area contributed by atoms with Gasteiger partial charge in [0.05, 0.1) is 19.1 Å². The van der Waals surface area contributed by atoms with E-state index in [0.717, 1.165) is 11.2 Å². The molecule has 1 N–H and O–H groups in total. The van der Waals surface area contributed by atoms with Crippen LogP contribution in [0.3, 0.4) is 0 Å². The number of imidazole rings is 1. The molecule has 1 aromatic carbocycles. The van der Waals surface area contributed by atoms with Crippen LogP contribution in [0.2, 0.25) is 0 Å². The molecular formula is C18H15N7. The van der Waals surface area contributed by atoms with Crippen LogP contribution in [0.15, 0.2) is 72.6 Å². The lowest BCUT2D eigenvalue weighted by Gasteiger charge is -2.04. The fourth-order valence-corrected chi connectivity index (χ4v) is 2.48. The highest BCUT2D eigenvalue weighted by atomic mass is 15.3. The zero-order valence-electron chi connectivity index (χ0n) is 13.3. The van der Waals surface area contributed by atoms with Gasteiger partial charge >= 0.3 is 0 Å². The maximum atomic E-state index is 4.43. The van der Waals surface area contributed by atoms with E-state index in [-0.39, 0.29) is 0 Å². The van der Waals surface area contributed by atoms with Gasteiger partial charge < -0.3 is 4.57 Å². The molecule has 0 bridgehead atoms. The second-order valence-corrected chi connectivity index (χ2v) is 5.41. The van der Waals surface area contributed by atoms with E-state index in [1.807, 2.05) is 34.9 Å². The first-order valence-corrected chi connectivity index (χ1v) is 7.79. The van der Waals surface area contributed by atoms with Gasteiger partial charge in [0.1, 0.15) is 6.33 Å². The van der Waals surface area contributed by atoms with E-state index >= 15 is 0 Å². The lowest BCUT2D eigenvalue weighted by Crippen LogP contribution is -2.00. The molecule has 0 aliphatic heterocycles. The van der Waals surface area contributed by atoms with Crippen LogP contribution in [0.25, 0.3) is 11.2 Å². The van der Waals surface area contributed by atoms with Gasteiger partial charge in [-0.15, -0.1) is 0 Å². The van der Waals surface area contributed by atoms with Crippen LogP contribution in [0.4, 0.5) is 5.82 Å². The highest BCUT2D eigenvalue weighted by Gasteiger charge is 2.09.